The number of hydrogen-bond donors (Lipinski definition) is 2. The minimum Gasteiger partial charge on any atom is -0.381 e. The highest BCUT2D eigenvalue weighted by molar-refractivity contribution is 5.84. The second-order valence-electron chi connectivity index (χ2n) is 3.67. The molecule has 0 saturated carbocycles. The highest BCUT2D eigenvalue weighted by Crippen LogP contribution is 1.93. The van der Waals surface area contributed by atoms with E-state index in [2.05, 4.69) is 10.6 Å². The number of amides is 2. The number of hydrogen-bond acceptors (Lipinski definition) is 3. The van der Waals surface area contributed by atoms with E-state index in [0.717, 1.165) is 0 Å². The Morgan fingerprint density at radius 1 is 1.27 bits per heavy atom. The lowest BCUT2D eigenvalue weighted by molar-refractivity contribution is -0.126. The van der Waals surface area contributed by atoms with E-state index in [-0.39, 0.29) is 18.4 Å². The van der Waals surface area contributed by atoms with Crippen LogP contribution in [0.1, 0.15) is 20.3 Å². The van der Waals surface area contributed by atoms with Gasteiger partial charge in [0.2, 0.25) is 11.8 Å². The molecule has 2 N–H and O–H groups in total. The summed E-state index contributed by atoms with van der Waals surface area (Å²) in [6.45, 7) is 5.18. The maximum Gasteiger partial charge on any atom is 0.239 e. The minimum atomic E-state index is -0.202. The van der Waals surface area contributed by atoms with Crippen LogP contribution in [0, 0.1) is 5.92 Å². The van der Waals surface area contributed by atoms with Crippen molar-refractivity contribution in [2.24, 2.45) is 5.92 Å². The van der Waals surface area contributed by atoms with Gasteiger partial charge < -0.3 is 15.4 Å². The SMILES string of the molecule is CNC(=O)CNC(=O)CCOCC(C)C. The van der Waals surface area contributed by atoms with E-state index in [1.807, 2.05) is 13.8 Å². The van der Waals surface area contributed by atoms with Crippen molar-refractivity contribution in [3.05, 3.63) is 0 Å². The summed E-state index contributed by atoms with van der Waals surface area (Å²) in [6, 6.07) is 0. The predicted molar refractivity (Wildman–Crippen MR) is 57.4 cm³/mol. The van der Waals surface area contributed by atoms with Crippen LogP contribution in [0.2, 0.25) is 0 Å². The van der Waals surface area contributed by atoms with E-state index in [4.69, 9.17) is 4.74 Å². The van der Waals surface area contributed by atoms with Gasteiger partial charge in [-0.05, 0) is 5.92 Å². The summed E-state index contributed by atoms with van der Waals surface area (Å²) >= 11 is 0. The highest BCUT2D eigenvalue weighted by atomic mass is 16.5. The summed E-state index contributed by atoms with van der Waals surface area (Å²) in [7, 11) is 1.53. The lowest BCUT2D eigenvalue weighted by Crippen LogP contribution is -2.35. The topological polar surface area (TPSA) is 67.4 Å². The molecule has 0 aromatic rings. The van der Waals surface area contributed by atoms with Crippen LogP contribution < -0.4 is 10.6 Å². The molecule has 0 heterocycles. The molecule has 0 fully saturated rings. The largest absolute Gasteiger partial charge is 0.381 e. The number of ether oxygens (including phenoxy) is 1. The van der Waals surface area contributed by atoms with Gasteiger partial charge in [-0.1, -0.05) is 13.8 Å². The van der Waals surface area contributed by atoms with Crippen molar-refractivity contribution in [2.75, 3.05) is 26.8 Å². The summed E-state index contributed by atoms with van der Waals surface area (Å²) in [5.74, 6) is 0.104. The van der Waals surface area contributed by atoms with E-state index in [9.17, 15) is 9.59 Å². The third-order valence-electron chi connectivity index (χ3n) is 1.65. The molecule has 0 rings (SSSR count). The van der Waals surface area contributed by atoms with Gasteiger partial charge in [-0.3, -0.25) is 9.59 Å². The molecule has 15 heavy (non-hydrogen) atoms. The number of carbonyl (C=O) groups is 2. The van der Waals surface area contributed by atoms with Gasteiger partial charge in [0.15, 0.2) is 0 Å². The molecular formula is C10H20N2O3. The van der Waals surface area contributed by atoms with Crippen LogP contribution in [0.25, 0.3) is 0 Å². The Morgan fingerprint density at radius 2 is 1.93 bits per heavy atom. The van der Waals surface area contributed by atoms with Gasteiger partial charge >= 0.3 is 0 Å². The summed E-state index contributed by atoms with van der Waals surface area (Å²) in [5, 5.41) is 4.91. The first-order valence-electron chi connectivity index (χ1n) is 5.11. The molecule has 0 aromatic carbocycles. The number of likely N-dealkylation sites (N-methyl/N-ethyl adjacent to an activating group) is 1. The summed E-state index contributed by atoms with van der Waals surface area (Å²) in [4.78, 5) is 21.9. The Kier molecular flexibility index (Phi) is 7.62. The Morgan fingerprint density at radius 3 is 2.47 bits per heavy atom. The third kappa shape index (κ3) is 9.21. The molecule has 0 saturated heterocycles. The fourth-order valence-electron chi connectivity index (χ4n) is 0.840. The van der Waals surface area contributed by atoms with Crippen LogP contribution in [-0.4, -0.2) is 38.6 Å². The number of rotatable bonds is 7. The first kappa shape index (κ1) is 13.9. The molecule has 0 aliphatic rings. The van der Waals surface area contributed by atoms with E-state index in [1.165, 1.54) is 7.05 Å². The minimum absolute atomic E-state index is 0.0273. The van der Waals surface area contributed by atoms with E-state index >= 15 is 0 Å². The standard InChI is InChI=1S/C10H20N2O3/c1-8(2)7-15-5-4-9(13)12-6-10(14)11-3/h8H,4-7H2,1-3H3,(H,11,14)(H,12,13). The normalized spacial score (nSPS) is 10.1. The van der Waals surface area contributed by atoms with Gasteiger partial charge in [-0.25, -0.2) is 0 Å². The molecule has 0 unspecified atom stereocenters. The first-order chi connectivity index (χ1) is 7.06. The molecule has 0 aliphatic carbocycles. The average Bonchev–Trinajstić information content (AvgIpc) is 2.20. The van der Waals surface area contributed by atoms with Crippen molar-refractivity contribution in [3.63, 3.8) is 0 Å². The van der Waals surface area contributed by atoms with Crippen LogP contribution in [0.3, 0.4) is 0 Å². The highest BCUT2D eigenvalue weighted by Gasteiger charge is 2.03. The van der Waals surface area contributed by atoms with Gasteiger partial charge in [-0.2, -0.15) is 0 Å². The van der Waals surface area contributed by atoms with Gasteiger partial charge in [0, 0.05) is 20.1 Å². The van der Waals surface area contributed by atoms with Crippen molar-refractivity contribution in [2.45, 2.75) is 20.3 Å². The summed E-state index contributed by atoms with van der Waals surface area (Å²) < 4.78 is 5.24. The molecule has 0 aliphatic heterocycles. The molecular weight excluding hydrogens is 196 g/mol. The van der Waals surface area contributed by atoms with Crippen LogP contribution in [0.4, 0.5) is 0 Å². The molecule has 88 valence electrons. The lowest BCUT2D eigenvalue weighted by atomic mass is 10.2. The molecule has 0 aromatic heterocycles. The zero-order chi connectivity index (χ0) is 11.7. The van der Waals surface area contributed by atoms with Crippen molar-refractivity contribution in [1.29, 1.82) is 0 Å². The van der Waals surface area contributed by atoms with Crippen molar-refractivity contribution < 1.29 is 14.3 Å². The quantitative estimate of drug-likeness (QED) is 0.584. The second-order valence-corrected chi connectivity index (χ2v) is 3.67. The van der Waals surface area contributed by atoms with E-state index in [1.54, 1.807) is 0 Å². The molecule has 0 radical (unpaired) electrons. The van der Waals surface area contributed by atoms with Gasteiger partial charge in [0.05, 0.1) is 13.2 Å². The fraction of sp³-hybridized carbons (Fsp3) is 0.800. The zero-order valence-electron chi connectivity index (χ0n) is 9.63. The van der Waals surface area contributed by atoms with Crippen molar-refractivity contribution in [1.82, 2.24) is 10.6 Å². The smallest absolute Gasteiger partial charge is 0.239 e. The zero-order valence-corrected chi connectivity index (χ0v) is 9.63. The maximum absolute atomic E-state index is 11.1. The van der Waals surface area contributed by atoms with Crippen molar-refractivity contribution >= 4 is 11.8 Å². The first-order valence-corrected chi connectivity index (χ1v) is 5.11. The molecule has 0 spiro atoms. The molecule has 5 heteroatoms. The predicted octanol–water partition coefficient (Wildman–Crippen LogP) is -0.0887. The van der Waals surface area contributed by atoms with E-state index in [0.29, 0.717) is 25.6 Å². The van der Waals surface area contributed by atoms with Crippen LogP contribution >= 0.6 is 0 Å². The monoisotopic (exact) mass is 216 g/mol. The van der Waals surface area contributed by atoms with Crippen LogP contribution in [-0.2, 0) is 14.3 Å². The van der Waals surface area contributed by atoms with Gasteiger partial charge in [0.25, 0.3) is 0 Å². The number of nitrogens with one attached hydrogen (secondary N) is 2. The van der Waals surface area contributed by atoms with Gasteiger partial charge in [0.1, 0.15) is 0 Å². The van der Waals surface area contributed by atoms with Crippen molar-refractivity contribution in [3.8, 4) is 0 Å². The van der Waals surface area contributed by atoms with Crippen LogP contribution in [0.15, 0.2) is 0 Å². The van der Waals surface area contributed by atoms with Crippen LogP contribution in [0.5, 0.6) is 0 Å². The van der Waals surface area contributed by atoms with E-state index < -0.39 is 0 Å². The Hall–Kier alpha value is -1.10. The average molecular weight is 216 g/mol. The Balaban J connectivity index is 3.37. The third-order valence-corrected chi connectivity index (χ3v) is 1.65. The summed E-state index contributed by atoms with van der Waals surface area (Å²) in [6.07, 6.45) is 0.295. The van der Waals surface area contributed by atoms with Gasteiger partial charge in [-0.15, -0.1) is 0 Å². The molecule has 5 nitrogen and oxygen atoms in total. The second kappa shape index (κ2) is 8.23. The number of carbonyl (C=O) groups excluding carboxylic acids is 2. The maximum atomic E-state index is 11.1. The Labute approximate surface area is 90.6 Å². The molecule has 0 bridgehead atoms. The Bertz CT molecular complexity index is 205. The summed E-state index contributed by atoms with van der Waals surface area (Å²) in [5.41, 5.74) is 0. The molecule has 0 atom stereocenters. The molecule has 2 amide bonds. The lowest BCUT2D eigenvalue weighted by Gasteiger charge is -2.07. The fourth-order valence-corrected chi connectivity index (χ4v) is 0.840.